The van der Waals surface area contributed by atoms with Crippen LogP contribution in [0.25, 0.3) is 4.85 Å². The Hall–Kier alpha value is -3.24. The lowest BCUT2D eigenvalue weighted by Crippen LogP contribution is -2.60. The smallest absolute Gasteiger partial charge is 0.335 e. The van der Waals surface area contributed by atoms with Crippen LogP contribution in [-0.2, 0) is 6.54 Å². The van der Waals surface area contributed by atoms with E-state index >= 15 is 0 Å². The second kappa shape index (κ2) is 9.06. The molecule has 0 aromatic heterocycles. The third kappa shape index (κ3) is 4.66. The van der Waals surface area contributed by atoms with Gasteiger partial charge < -0.3 is 20.2 Å². The number of benzene rings is 2. The average molecular weight is 427 g/mol. The van der Waals surface area contributed by atoms with Crippen molar-refractivity contribution in [2.45, 2.75) is 32.5 Å². The lowest BCUT2D eigenvalue weighted by atomic mass is 10.1. The first-order chi connectivity index (χ1) is 14.3. The molecule has 2 N–H and O–H groups in total. The van der Waals surface area contributed by atoms with E-state index < -0.39 is 5.97 Å². The van der Waals surface area contributed by atoms with E-state index in [1.807, 2.05) is 24.8 Å². The first-order valence-corrected chi connectivity index (χ1v) is 9.98. The normalized spacial score (nSPS) is 18.6. The number of piperazine rings is 1. The molecule has 2 aromatic rings. The molecule has 1 aliphatic heterocycles. The Balaban J connectivity index is 1.62. The van der Waals surface area contributed by atoms with Crippen LogP contribution in [0.2, 0.25) is 5.02 Å². The molecule has 7 nitrogen and oxygen atoms in total. The Morgan fingerprint density at radius 2 is 1.87 bits per heavy atom. The summed E-state index contributed by atoms with van der Waals surface area (Å²) in [7, 11) is 0. The number of anilines is 1. The van der Waals surface area contributed by atoms with E-state index in [9.17, 15) is 9.59 Å². The first-order valence-electron chi connectivity index (χ1n) is 9.60. The Kier molecular flexibility index (Phi) is 6.48. The number of aromatic carboxylic acids is 1. The largest absolute Gasteiger partial charge is 0.478 e. The highest BCUT2D eigenvalue weighted by Crippen LogP contribution is 2.32. The van der Waals surface area contributed by atoms with Gasteiger partial charge in [0.15, 0.2) is 0 Å². The molecule has 156 valence electrons. The van der Waals surface area contributed by atoms with Gasteiger partial charge in [-0.15, -0.1) is 0 Å². The van der Waals surface area contributed by atoms with Crippen molar-refractivity contribution in [3.63, 3.8) is 0 Å². The molecule has 0 radical (unpaired) electrons. The summed E-state index contributed by atoms with van der Waals surface area (Å²) >= 11 is 6.19. The lowest BCUT2D eigenvalue weighted by Gasteiger charge is -2.45. The molecule has 30 heavy (non-hydrogen) atoms. The minimum absolute atomic E-state index is 0.0186. The van der Waals surface area contributed by atoms with E-state index in [0.29, 0.717) is 30.3 Å². The van der Waals surface area contributed by atoms with Crippen molar-refractivity contribution in [2.75, 3.05) is 18.0 Å². The fourth-order valence-corrected chi connectivity index (χ4v) is 3.80. The molecule has 1 fully saturated rings. The van der Waals surface area contributed by atoms with Crippen molar-refractivity contribution in [2.24, 2.45) is 0 Å². The molecule has 1 saturated heterocycles. The van der Waals surface area contributed by atoms with Gasteiger partial charge in [0.1, 0.15) is 0 Å². The molecule has 1 aliphatic rings. The van der Waals surface area contributed by atoms with Gasteiger partial charge in [-0.3, -0.25) is 0 Å². The summed E-state index contributed by atoms with van der Waals surface area (Å²) in [4.78, 5) is 31.1. The van der Waals surface area contributed by atoms with Gasteiger partial charge in [0.05, 0.1) is 12.1 Å². The Morgan fingerprint density at radius 1 is 1.17 bits per heavy atom. The van der Waals surface area contributed by atoms with Gasteiger partial charge in [0, 0.05) is 42.4 Å². The summed E-state index contributed by atoms with van der Waals surface area (Å²) in [6, 6.07) is 11.8. The van der Waals surface area contributed by atoms with E-state index in [0.717, 1.165) is 11.3 Å². The van der Waals surface area contributed by atoms with Crippen LogP contribution in [0.3, 0.4) is 0 Å². The maximum Gasteiger partial charge on any atom is 0.335 e. The molecule has 0 unspecified atom stereocenters. The number of hydrogen-bond donors (Lipinski definition) is 2. The number of nitrogens with zero attached hydrogens (tertiary/aromatic N) is 3. The van der Waals surface area contributed by atoms with Gasteiger partial charge >= 0.3 is 12.0 Å². The third-order valence-corrected chi connectivity index (χ3v) is 5.58. The molecule has 0 saturated carbocycles. The van der Waals surface area contributed by atoms with Crippen molar-refractivity contribution in [1.82, 2.24) is 10.2 Å². The fourth-order valence-electron chi connectivity index (χ4n) is 3.58. The van der Waals surface area contributed by atoms with E-state index in [2.05, 4.69) is 15.1 Å². The second-order valence-corrected chi connectivity index (χ2v) is 7.82. The number of amides is 2. The van der Waals surface area contributed by atoms with E-state index in [1.165, 1.54) is 12.1 Å². The van der Waals surface area contributed by atoms with Crippen LogP contribution in [0.15, 0.2) is 42.5 Å². The maximum atomic E-state index is 12.7. The van der Waals surface area contributed by atoms with Crippen LogP contribution >= 0.6 is 11.6 Å². The SMILES string of the molecule is [C-]#[N+]c1ccc(N2C[C@@H](C)N(C(=O)NCc3ccc(C(=O)O)cc3)C[C@@H]2C)cc1Cl. The topological polar surface area (TPSA) is 77.2 Å². The molecular weight excluding hydrogens is 404 g/mol. The average Bonchev–Trinajstić information content (AvgIpc) is 2.73. The first kappa shape index (κ1) is 21.5. The molecule has 8 heteroatoms. The third-order valence-electron chi connectivity index (χ3n) is 5.27. The number of carbonyl (C=O) groups excluding carboxylic acids is 1. The molecule has 3 rings (SSSR count). The molecule has 2 aromatic carbocycles. The highest BCUT2D eigenvalue weighted by atomic mass is 35.5. The van der Waals surface area contributed by atoms with Crippen molar-refractivity contribution in [3.8, 4) is 0 Å². The van der Waals surface area contributed by atoms with Crippen molar-refractivity contribution in [1.29, 1.82) is 0 Å². The zero-order chi connectivity index (χ0) is 21.8. The Morgan fingerprint density at radius 3 is 2.47 bits per heavy atom. The number of nitrogens with one attached hydrogen (secondary N) is 1. The molecule has 1 heterocycles. The number of hydrogen-bond acceptors (Lipinski definition) is 3. The lowest BCUT2D eigenvalue weighted by molar-refractivity contribution is 0.0697. The fraction of sp³-hybridized carbons (Fsp3) is 0.318. The van der Waals surface area contributed by atoms with Crippen LogP contribution < -0.4 is 10.2 Å². The molecule has 0 aliphatic carbocycles. The zero-order valence-electron chi connectivity index (χ0n) is 16.8. The summed E-state index contributed by atoms with van der Waals surface area (Å²) in [5, 5.41) is 12.3. The van der Waals surface area contributed by atoms with Crippen LogP contribution in [0.1, 0.15) is 29.8 Å². The second-order valence-electron chi connectivity index (χ2n) is 7.41. The quantitative estimate of drug-likeness (QED) is 0.710. The summed E-state index contributed by atoms with van der Waals surface area (Å²) in [5.74, 6) is -0.976. The van der Waals surface area contributed by atoms with Crippen molar-refractivity contribution < 1.29 is 14.7 Å². The molecular formula is C22H23ClN4O3. The number of carboxylic acids is 1. The number of carbonyl (C=O) groups is 2. The summed E-state index contributed by atoms with van der Waals surface area (Å²) in [5.41, 5.74) is 2.41. The van der Waals surface area contributed by atoms with Crippen LogP contribution in [0.4, 0.5) is 16.2 Å². The minimum atomic E-state index is -0.976. The van der Waals surface area contributed by atoms with Gasteiger partial charge in [-0.1, -0.05) is 29.8 Å². The van der Waals surface area contributed by atoms with Crippen molar-refractivity contribution in [3.05, 3.63) is 70.0 Å². The highest BCUT2D eigenvalue weighted by molar-refractivity contribution is 6.33. The Bertz CT molecular complexity index is 987. The van der Waals surface area contributed by atoms with Gasteiger partial charge in [0.25, 0.3) is 0 Å². The Labute approximate surface area is 180 Å². The van der Waals surface area contributed by atoms with Crippen LogP contribution in [0, 0.1) is 6.57 Å². The van der Waals surface area contributed by atoms with E-state index in [-0.39, 0.29) is 23.7 Å². The maximum absolute atomic E-state index is 12.7. The molecule has 2 atom stereocenters. The number of rotatable bonds is 4. The minimum Gasteiger partial charge on any atom is -0.478 e. The summed E-state index contributed by atoms with van der Waals surface area (Å²) < 4.78 is 0. The number of carboxylic acid groups (broad SMARTS) is 1. The van der Waals surface area contributed by atoms with E-state index in [4.69, 9.17) is 23.3 Å². The standard InChI is InChI=1S/C22H23ClN4O3/c1-14-13-27(22(30)25-11-16-4-6-17(7-5-16)21(28)29)15(2)12-26(14)18-8-9-20(24-3)19(23)10-18/h4-10,14-15H,11-13H2,1-2H3,(H,25,30)(H,28,29)/t14-,15+/m0/s1. The summed E-state index contributed by atoms with van der Waals surface area (Å²) in [6.07, 6.45) is 0. The zero-order valence-corrected chi connectivity index (χ0v) is 17.6. The number of urea groups is 1. The number of halogens is 1. The molecule has 2 amide bonds. The molecule has 0 bridgehead atoms. The van der Waals surface area contributed by atoms with Crippen LogP contribution in [-0.4, -0.2) is 47.2 Å². The predicted molar refractivity (Wildman–Crippen MR) is 116 cm³/mol. The van der Waals surface area contributed by atoms with Crippen molar-refractivity contribution >= 4 is 35.0 Å². The van der Waals surface area contributed by atoms with Gasteiger partial charge in [-0.25, -0.2) is 14.4 Å². The predicted octanol–water partition coefficient (Wildman–Crippen LogP) is 4.40. The molecule has 0 spiro atoms. The van der Waals surface area contributed by atoms with Crippen LogP contribution in [0.5, 0.6) is 0 Å². The summed E-state index contributed by atoms with van der Waals surface area (Å²) in [6.45, 7) is 12.7. The monoisotopic (exact) mass is 426 g/mol. The van der Waals surface area contributed by atoms with Gasteiger partial charge in [0.2, 0.25) is 5.69 Å². The highest BCUT2D eigenvalue weighted by Gasteiger charge is 2.32. The van der Waals surface area contributed by atoms with Gasteiger partial charge in [-0.2, -0.15) is 0 Å². The van der Waals surface area contributed by atoms with Gasteiger partial charge in [-0.05, 0) is 43.7 Å². The van der Waals surface area contributed by atoms with E-state index in [1.54, 1.807) is 24.3 Å².